The van der Waals surface area contributed by atoms with E-state index in [1.807, 2.05) is 0 Å². The highest BCUT2D eigenvalue weighted by molar-refractivity contribution is 7.89. The van der Waals surface area contributed by atoms with E-state index in [0.717, 1.165) is 19.6 Å². The molecule has 1 amide bonds. The molecule has 2 rings (SSSR count). The van der Waals surface area contributed by atoms with Crippen LogP contribution in [0.5, 0.6) is 0 Å². The number of piperazine rings is 1. The van der Waals surface area contributed by atoms with Gasteiger partial charge >= 0.3 is 0 Å². The van der Waals surface area contributed by atoms with Crippen molar-refractivity contribution in [1.29, 1.82) is 0 Å². The van der Waals surface area contributed by atoms with Crippen molar-refractivity contribution in [1.82, 2.24) is 14.5 Å². The lowest BCUT2D eigenvalue weighted by Crippen LogP contribution is -2.48. The second-order valence-corrected chi connectivity index (χ2v) is 7.41. The van der Waals surface area contributed by atoms with Gasteiger partial charge in [0.1, 0.15) is 0 Å². The highest BCUT2D eigenvalue weighted by Gasteiger charge is 2.22. The number of nitrogens with zero attached hydrogens (tertiary/aromatic N) is 2. The molecular formula is C18H21N3O3S. The summed E-state index contributed by atoms with van der Waals surface area (Å²) in [6.07, 6.45) is 11.0. The molecular weight excluding hydrogens is 338 g/mol. The van der Waals surface area contributed by atoms with E-state index in [4.69, 9.17) is 12.8 Å². The molecule has 0 unspecified atom stereocenters. The molecule has 1 aliphatic rings. The lowest BCUT2D eigenvalue weighted by molar-refractivity contribution is 0.0640. The predicted octanol–water partition coefficient (Wildman–Crippen LogP) is 0.379. The van der Waals surface area contributed by atoms with Crippen LogP contribution in [0.4, 0.5) is 0 Å². The fourth-order valence-electron chi connectivity index (χ4n) is 2.58. The molecule has 0 spiro atoms. The van der Waals surface area contributed by atoms with Gasteiger partial charge in [0.15, 0.2) is 0 Å². The van der Waals surface area contributed by atoms with Gasteiger partial charge in [0.05, 0.1) is 11.4 Å². The van der Waals surface area contributed by atoms with Crippen molar-refractivity contribution in [2.75, 3.05) is 39.3 Å². The van der Waals surface area contributed by atoms with Crippen molar-refractivity contribution in [3.8, 4) is 24.7 Å². The SMILES string of the molecule is C#CCCN1CCN(C(=O)c2ccc(S(=O)(=O)NCC#C)cc2)CC1. The zero-order chi connectivity index (χ0) is 18.3. The number of carbonyl (C=O) groups excluding carboxylic acids is 1. The second-order valence-electron chi connectivity index (χ2n) is 5.64. The minimum atomic E-state index is -3.65. The molecule has 0 bridgehead atoms. The quantitative estimate of drug-likeness (QED) is 0.746. The van der Waals surface area contributed by atoms with Gasteiger partial charge in [-0.25, -0.2) is 8.42 Å². The van der Waals surface area contributed by atoms with Crippen LogP contribution in [0.1, 0.15) is 16.8 Å². The van der Waals surface area contributed by atoms with Crippen molar-refractivity contribution < 1.29 is 13.2 Å². The largest absolute Gasteiger partial charge is 0.336 e. The molecule has 1 N–H and O–H groups in total. The lowest BCUT2D eigenvalue weighted by Gasteiger charge is -2.34. The zero-order valence-electron chi connectivity index (χ0n) is 13.9. The molecule has 0 atom stereocenters. The maximum Gasteiger partial charge on any atom is 0.253 e. The summed E-state index contributed by atoms with van der Waals surface area (Å²) in [6, 6.07) is 5.87. The van der Waals surface area contributed by atoms with Crippen molar-refractivity contribution in [3.63, 3.8) is 0 Å². The number of carbonyl (C=O) groups is 1. The first-order valence-electron chi connectivity index (χ1n) is 7.96. The van der Waals surface area contributed by atoms with Crippen LogP contribution in [0.3, 0.4) is 0 Å². The molecule has 132 valence electrons. The first-order chi connectivity index (χ1) is 12.0. The van der Waals surface area contributed by atoms with E-state index in [1.54, 1.807) is 4.90 Å². The molecule has 0 saturated carbocycles. The fourth-order valence-corrected chi connectivity index (χ4v) is 3.51. The molecule has 1 aromatic rings. The maximum absolute atomic E-state index is 12.5. The van der Waals surface area contributed by atoms with E-state index < -0.39 is 10.0 Å². The summed E-state index contributed by atoms with van der Waals surface area (Å²) in [6.45, 7) is 3.61. The van der Waals surface area contributed by atoms with Crippen molar-refractivity contribution >= 4 is 15.9 Å². The third-order valence-electron chi connectivity index (χ3n) is 4.01. The Bertz CT molecular complexity index is 780. The molecule has 7 heteroatoms. The number of rotatable bonds is 6. The van der Waals surface area contributed by atoms with Gasteiger partial charge in [-0.05, 0) is 24.3 Å². The highest BCUT2D eigenvalue weighted by Crippen LogP contribution is 2.13. The minimum Gasteiger partial charge on any atom is -0.336 e. The predicted molar refractivity (Wildman–Crippen MR) is 96.3 cm³/mol. The summed E-state index contributed by atoms with van der Waals surface area (Å²) in [7, 11) is -3.65. The van der Waals surface area contributed by atoms with E-state index >= 15 is 0 Å². The summed E-state index contributed by atoms with van der Waals surface area (Å²) in [5, 5.41) is 0. The van der Waals surface area contributed by atoms with E-state index in [2.05, 4.69) is 21.5 Å². The van der Waals surface area contributed by atoms with Gasteiger partial charge in [-0.15, -0.1) is 18.8 Å². The van der Waals surface area contributed by atoms with Crippen molar-refractivity contribution in [2.45, 2.75) is 11.3 Å². The standard InChI is InChI=1S/C18H21N3O3S/c1-3-5-11-20-12-14-21(15-13-20)18(22)16-6-8-17(9-7-16)25(23,24)19-10-4-2/h1-2,6-9,19H,5,10-15H2. The van der Waals surface area contributed by atoms with Gasteiger partial charge in [0.2, 0.25) is 10.0 Å². The molecule has 0 aromatic heterocycles. The normalized spacial score (nSPS) is 15.4. The highest BCUT2D eigenvalue weighted by atomic mass is 32.2. The van der Waals surface area contributed by atoms with Crippen molar-refractivity contribution in [2.24, 2.45) is 0 Å². The van der Waals surface area contributed by atoms with Gasteiger partial charge in [-0.2, -0.15) is 4.72 Å². The van der Waals surface area contributed by atoms with Gasteiger partial charge in [-0.3, -0.25) is 9.69 Å². The first-order valence-corrected chi connectivity index (χ1v) is 9.44. The Hall–Kier alpha value is -2.32. The van der Waals surface area contributed by atoms with Gasteiger partial charge < -0.3 is 4.90 Å². The second kappa shape index (κ2) is 8.68. The van der Waals surface area contributed by atoms with E-state index in [0.29, 0.717) is 25.1 Å². The number of amides is 1. The third kappa shape index (κ3) is 5.07. The number of hydrogen-bond acceptors (Lipinski definition) is 4. The minimum absolute atomic E-state index is 0.0764. The maximum atomic E-state index is 12.5. The van der Waals surface area contributed by atoms with Crippen LogP contribution in [0, 0.1) is 24.7 Å². The summed E-state index contributed by atoms with van der Waals surface area (Å²) >= 11 is 0. The molecule has 0 radical (unpaired) electrons. The summed E-state index contributed by atoms with van der Waals surface area (Å²) in [5.41, 5.74) is 0.466. The van der Waals surface area contributed by atoms with Crippen LogP contribution in [0.25, 0.3) is 0 Å². The average molecular weight is 359 g/mol. The topological polar surface area (TPSA) is 69.7 Å². The van der Waals surface area contributed by atoms with E-state index in [-0.39, 0.29) is 17.3 Å². The Kier molecular flexibility index (Phi) is 6.60. The molecule has 1 saturated heterocycles. The van der Waals surface area contributed by atoms with Crippen LogP contribution >= 0.6 is 0 Å². The Morgan fingerprint density at radius 1 is 1.08 bits per heavy atom. The summed E-state index contributed by atoms with van der Waals surface area (Å²) in [4.78, 5) is 16.6. The Morgan fingerprint density at radius 2 is 1.72 bits per heavy atom. The number of benzene rings is 1. The molecule has 0 aliphatic carbocycles. The number of nitrogens with one attached hydrogen (secondary N) is 1. The Labute approximate surface area is 149 Å². The van der Waals surface area contributed by atoms with Crippen LogP contribution in [0.15, 0.2) is 29.2 Å². The summed E-state index contributed by atoms with van der Waals surface area (Å²) in [5.74, 6) is 4.73. The first kappa shape index (κ1) is 19.0. The van der Waals surface area contributed by atoms with Crippen LogP contribution in [-0.2, 0) is 10.0 Å². The number of sulfonamides is 1. The van der Waals surface area contributed by atoms with Crippen molar-refractivity contribution in [3.05, 3.63) is 29.8 Å². The van der Waals surface area contributed by atoms with Gasteiger partial charge in [0.25, 0.3) is 5.91 Å². The average Bonchev–Trinajstić information content (AvgIpc) is 2.64. The Morgan fingerprint density at radius 3 is 2.28 bits per heavy atom. The fraction of sp³-hybridized carbons (Fsp3) is 0.389. The molecule has 1 heterocycles. The molecule has 6 nitrogen and oxygen atoms in total. The van der Waals surface area contributed by atoms with Gasteiger partial charge in [-0.1, -0.05) is 5.92 Å². The molecule has 1 aromatic carbocycles. The van der Waals surface area contributed by atoms with E-state index in [1.165, 1.54) is 24.3 Å². The van der Waals surface area contributed by atoms with Gasteiger partial charge in [0, 0.05) is 44.7 Å². The third-order valence-corrected chi connectivity index (χ3v) is 5.42. The Balaban J connectivity index is 1.98. The monoisotopic (exact) mass is 359 g/mol. The molecule has 1 aliphatic heterocycles. The zero-order valence-corrected chi connectivity index (χ0v) is 14.8. The molecule has 1 fully saturated rings. The molecule has 25 heavy (non-hydrogen) atoms. The van der Waals surface area contributed by atoms with Crippen LogP contribution in [0.2, 0.25) is 0 Å². The van der Waals surface area contributed by atoms with Crippen LogP contribution in [-0.4, -0.2) is 63.4 Å². The van der Waals surface area contributed by atoms with Crippen LogP contribution < -0.4 is 4.72 Å². The summed E-state index contributed by atoms with van der Waals surface area (Å²) < 4.78 is 26.2. The number of terminal acetylenes is 2. The number of hydrogen-bond donors (Lipinski definition) is 1. The van der Waals surface area contributed by atoms with E-state index in [9.17, 15) is 13.2 Å². The smallest absolute Gasteiger partial charge is 0.253 e. The lowest BCUT2D eigenvalue weighted by atomic mass is 10.2.